The summed E-state index contributed by atoms with van der Waals surface area (Å²) >= 11 is 1.70. The van der Waals surface area contributed by atoms with Gasteiger partial charge in [-0.15, -0.1) is 0 Å². The van der Waals surface area contributed by atoms with Crippen LogP contribution >= 0.6 is 11.8 Å². The molecule has 0 saturated heterocycles. The van der Waals surface area contributed by atoms with Crippen LogP contribution in [0.25, 0.3) is 0 Å². The van der Waals surface area contributed by atoms with E-state index in [9.17, 15) is 0 Å². The molecule has 236 valence electrons. The Morgan fingerprint density at radius 2 is 0.596 bits per heavy atom. The summed E-state index contributed by atoms with van der Waals surface area (Å²) < 4.78 is 12.3. The molecule has 0 unspecified atom stereocenters. The predicted molar refractivity (Wildman–Crippen MR) is 196 cm³/mol. The Labute approximate surface area is 282 Å². The molecule has 6 aromatic rings. The fraction of sp³-hybridized carbons (Fsp3) is 0.143. The first kappa shape index (κ1) is 31.8. The minimum Gasteiger partial charge on any atom is -0.457 e. The predicted octanol–water partition coefficient (Wildman–Crippen LogP) is 11.2. The Morgan fingerprint density at radius 1 is 0.362 bits per heavy atom. The Balaban J connectivity index is 1.03. The van der Waals surface area contributed by atoms with Crippen molar-refractivity contribution >= 4 is 23.1 Å². The van der Waals surface area contributed by atoms with Crippen molar-refractivity contribution in [2.24, 2.45) is 0 Å². The molecule has 5 heteroatoms. The van der Waals surface area contributed by atoms with Gasteiger partial charge in [0.25, 0.3) is 0 Å². The van der Waals surface area contributed by atoms with Crippen molar-refractivity contribution < 1.29 is 9.47 Å². The van der Waals surface area contributed by atoms with Crippen molar-refractivity contribution in [1.29, 1.82) is 0 Å². The molecule has 0 fully saturated rings. The van der Waals surface area contributed by atoms with Gasteiger partial charge in [-0.25, -0.2) is 0 Å². The number of nitrogen functional groups attached to an aromatic ring is 2. The van der Waals surface area contributed by atoms with Crippen molar-refractivity contribution in [3.63, 3.8) is 0 Å². The van der Waals surface area contributed by atoms with Crippen LogP contribution in [-0.4, -0.2) is 0 Å². The number of nitrogens with two attached hydrogens (primary N) is 2. The first-order chi connectivity index (χ1) is 22.6. The summed E-state index contributed by atoms with van der Waals surface area (Å²) in [7, 11) is 0. The molecule has 4 nitrogen and oxygen atoms in total. The summed E-state index contributed by atoms with van der Waals surface area (Å²) in [5, 5.41) is 0. The summed E-state index contributed by atoms with van der Waals surface area (Å²) in [6.07, 6.45) is 0. The van der Waals surface area contributed by atoms with E-state index in [-0.39, 0.29) is 10.8 Å². The SMILES string of the molecule is CC(C)(c1ccc(N)cc1)c1ccc(Oc2ccc(Sc3ccc(Oc4ccc(C(C)(C)c5ccc(N)cc5)cc4)cc3)cc2)cc1. The molecule has 0 spiro atoms. The standard InChI is InChI=1S/C42H40N2O2S/c1-41(2,29-5-13-33(43)14-6-29)31-9-17-35(18-10-31)45-37-21-25-39(26-22-37)47-40-27-23-38(24-28-40)46-36-19-11-32(12-20-36)42(3,4)30-7-15-34(44)16-8-30/h5-28H,43-44H2,1-4H3. The normalized spacial score (nSPS) is 11.7. The molecule has 0 bridgehead atoms. The average molecular weight is 637 g/mol. The third kappa shape index (κ3) is 7.48. The van der Waals surface area contributed by atoms with Gasteiger partial charge in [0.2, 0.25) is 0 Å². The third-order valence-electron chi connectivity index (χ3n) is 8.77. The molecule has 0 aliphatic carbocycles. The van der Waals surface area contributed by atoms with Gasteiger partial charge in [0, 0.05) is 32.0 Å². The fourth-order valence-electron chi connectivity index (χ4n) is 5.57. The second-order valence-corrected chi connectivity index (χ2v) is 13.9. The van der Waals surface area contributed by atoms with Gasteiger partial charge < -0.3 is 20.9 Å². The van der Waals surface area contributed by atoms with E-state index in [0.717, 1.165) is 44.2 Å². The molecule has 6 rings (SSSR count). The van der Waals surface area contributed by atoms with E-state index in [1.165, 1.54) is 22.3 Å². The molecule has 0 saturated carbocycles. The summed E-state index contributed by atoms with van der Waals surface area (Å²) in [6, 6.07) is 49.1. The molecule has 0 aliphatic rings. The van der Waals surface area contributed by atoms with E-state index in [2.05, 4.69) is 100 Å². The van der Waals surface area contributed by atoms with Gasteiger partial charge in [-0.3, -0.25) is 0 Å². The highest BCUT2D eigenvalue weighted by atomic mass is 32.2. The van der Waals surface area contributed by atoms with Gasteiger partial charge in [-0.05, 0) is 119 Å². The van der Waals surface area contributed by atoms with Crippen molar-refractivity contribution in [3.8, 4) is 23.0 Å². The maximum absolute atomic E-state index is 6.15. The van der Waals surface area contributed by atoms with Crippen LogP contribution in [0.2, 0.25) is 0 Å². The Morgan fingerprint density at radius 3 is 0.872 bits per heavy atom. The lowest BCUT2D eigenvalue weighted by molar-refractivity contribution is 0.481. The Hall–Kier alpha value is -5.13. The van der Waals surface area contributed by atoms with Crippen molar-refractivity contribution in [1.82, 2.24) is 0 Å². The number of anilines is 2. The number of benzene rings is 6. The minimum absolute atomic E-state index is 0.141. The highest BCUT2D eigenvalue weighted by molar-refractivity contribution is 7.99. The lowest BCUT2D eigenvalue weighted by Crippen LogP contribution is -2.18. The maximum atomic E-state index is 6.15. The van der Waals surface area contributed by atoms with Crippen LogP contribution in [-0.2, 0) is 10.8 Å². The fourth-order valence-corrected chi connectivity index (χ4v) is 6.39. The lowest BCUT2D eigenvalue weighted by atomic mass is 9.78. The van der Waals surface area contributed by atoms with E-state index in [1.807, 2.05) is 72.8 Å². The number of rotatable bonds is 10. The molecule has 0 radical (unpaired) electrons. The summed E-state index contributed by atoms with van der Waals surface area (Å²) in [6.45, 7) is 8.87. The zero-order valence-electron chi connectivity index (χ0n) is 27.2. The molecular weight excluding hydrogens is 597 g/mol. The van der Waals surface area contributed by atoms with Gasteiger partial charge in [0.15, 0.2) is 0 Å². The van der Waals surface area contributed by atoms with E-state index in [0.29, 0.717) is 0 Å². The van der Waals surface area contributed by atoms with Crippen LogP contribution in [0, 0.1) is 0 Å². The largest absolute Gasteiger partial charge is 0.457 e. The summed E-state index contributed by atoms with van der Waals surface area (Å²) in [5.41, 5.74) is 17.9. The van der Waals surface area contributed by atoms with Gasteiger partial charge in [-0.2, -0.15) is 0 Å². The van der Waals surface area contributed by atoms with Crippen LogP contribution in [0.5, 0.6) is 23.0 Å². The minimum atomic E-state index is -0.141. The number of hydrogen-bond acceptors (Lipinski definition) is 5. The molecule has 47 heavy (non-hydrogen) atoms. The maximum Gasteiger partial charge on any atom is 0.127 e. The van der Waals surface area contributed by atoms with Gasteiger partial charge in [0.05, 0.1) is 0 Å². The lowest BCUT2D eigenvalue weighted by Gasteiger charge is -2.26. The smallest absolute Gasteiger partial charge is 0.127 e. The molecule has 0 aromatic heterocycles. The number of ether oxygens (including phenoxy) is 2. The van der Waals surface area contributed by atoms with Gasteiger partial charge >= 0.3 is 0 Å². The Bertz CT molecular complexity index is 1770. The van der Waals surface area contributed by atoms with E-state index >= 15 is 0 Å². The van der Waals surface area contributed by atoms with Gasteiger partial charge in [-0.1, -0.05) is 88.0 Å². The molecule has 4 N–H and O–H groups in total. The van der Waals surface area contributed by atoms with E-state index in [1.54, 1.807) is 11.8 Å². The molecule has 0 amide bonds. The van der Waals surface area contributed by atoms with E-state index in [4.69, 9.17) is 20.9 Å². The third-order valence-corrected chi connectivity index (χ3v) is 9.79. The zero-order chi connectivity index (χ0) is 33.0. The highest BCUT2D eigenvalue weighted by Crippen LogP contribution is 2.36. The van der Waals surface area contributed by atoms with Gasteiger partial charge in [0.1, 0.15) is 23.0 Å². The highest BCUT2D eigenvalue weighted by Gasteiger charge is 2.24. The topological polar surface area (TPSA) is 70.5 Å². The quantitative estimate of drug-likeness (QED) is 0.146. The molecule has 6 aromatic carbocycles. The van der Waals surface area contributed by atoms with Crippen molar-refractivity contribution in [2.75, 3.05) is 11.5 Å². The van der Waals surface area contributed by atoms with E-state index < -0.39 is 0 Å². The molecule has 0 atom stereocenters. The zero-order valence-corrected chi connectivity index (χ0v) is 28.1. The summed E-state index contributed by atoms with van der Waals surface area (Å²) in [5.74, 6) is 3.20. The van der Waals surface area contributed by atoms with Crippen molar-refractivity contribution in [3.05, 3.63) is 168 Å². The van der Waals surface area contributed by atoms with Crippen LogP contribution in [0.4, 0.5) is 11.4 Å². The van der Waals surface area contributed by atoms with Crippen LogP contribution < -0.4 is 20.9 Å². The Kier molecular flexibility index (Phi) is 9.01. The molecule has 0 aliphatic heterocycles. The molecule has 0 heterocycles. The van der Waals surface area contributed by atoms with Crippen molar-refractivity contribution in [2.45, 2.75) is 48.3 Å². The van der Waals surface area contributed by atoms with Crippen LogP contribution in [0.15, 0.2) is 155 Å². The first-order valence-electron chi connectivity index (χ1n) is 15.7. The van der Waals surface area contributed by atoms with Crippen LogP contribution in [0.3, 0.4) is 0 Å². The monoisotopic (exact) mass is 636 g/mol. The second-order valence-electron chi connectivity index (χ2n) is 12.8. The van der Waals surface area contributed by atoms with Crippen LogP contribution in [0.1, 0.15) is 49.9 Å². The summed E-state index contributed by atoms with van der Waals surface area (Å²) in [4.78, 5) is 2.26. The second kappa shape index (κ2) is 13.3. The number of hydrogen-bond donors (Lipinski definition) is 2. The first-order valence-corrected chi connectivity index (χ1v) is 16.5. The molecular formula is C42H40N2O2S. The average Bonchev–Trinajstić information content (AvgIpc) is 3.07.